The van der Waals surface area contributed by atoms with Crippen LogP contribution in [0.3, 0.4) is 0 Å². The summed E-state index contributed by atoms with van der Waals surface area (Å²) in [7, 11) is 0. The number of benzene rings is 1. The van der Waals surface area contributed by atoms with Crippen molar-refractivity contribution in [3.05, 3.63) is 63.8 Å². The lowest BCUT2D eigenvalue weighted by Crippen LogP contribution is -2.25. The summed E-state index contributed by atoms with van der Waals surface area (Å²) in [4.78, 5) is 12.4. The normalized spacial score (nSPS) is 16.2. The molecule has 0 aliphatic carbocycles. The lowest BCUT2D eigenvalue weighted by atomic mass is 9.85. The molecule has 28 heavy (non-hydrogen) atoms. The number of nitrogens with one attached hydrogen (secondary N) is 1. The average Bonchev–Trinajstić information content (AvgIpc) is 3.27. The second-order valence-corrected chi connectivity index (χ2v) is 7.47. The SMILES string of the molecule is Cc1nn(-c2ccc3nncn3n2)c2c1C(c1cc(Br)ccc1F)CC(=O)N2. The number of fused-ring (bicyclic) bond motifs is 2. The summed E-state index contributed by atoms with van der Waals surface area (Å²) in [5.74, 6) is -0.00700. The molecule has 1 aliphatic heterocycles. The molecule has 1 atom stereocenters. The van der Waals surface area contributed by atoms with Crippen molar-refractivity contribution >= 4 is 33.3 Å². The number of anilines is 1. The maximum atomic E-state index is 14.6. The van der Waals surface area contributed by atoms with Crippen molar-refractivity contribution in [3.8, 4) is 5.82 Å². The fourth-order valence-corrected chi connectivity index (χ4v) is 3.97. The van der Waals surface area contributed by atoms with Crippen LogP contribution in [-0.4, -0.2) is 35.5 Å². The topological polar surface area (TPSA) is 90.0 Å². The maximum Gasteiger partial charge on any atom is 0.226 e. The minimum atomic E-state index is -0.436. The Labute approximate surface area is 166 Å². The van der Waals surface area contributed by atoms with Gasteiger partial charge in [-0.05, 0) is 42.8 Å². The first-order valence-electron chi connectivity index (χ1n) is 8.53. The first-order chi connectivity index (χ1) is 13.5. The van der Waals surface area contributed by atoms with Gasteiger partial charge in [0.2, 0.25) is 5.91 Å². The van der Waals surface area contributed by atoms with Crippen molar-refractivity contribution in [2.75, 3.05) is 5.32 Å². The summed E-state index contributed by atoms with van der Waals surface area (Å²) in [6.45, 7) is 1.84. The molecule has 3 aromatic heterocycles. The predicted octanol–water partition coefficient (Wildman–Crippen LogP) is 2.99. The highest BCUT2D eigenvalue weighted by molar-refractivity contribution is 9.10. The van der Waals surface area contributed by atoms with Gasteiger partial charge in [-0.15, -0.1) is 15.3 Å². The minimum Gasteiger partial charge on any atom is -0.310 e. The van der Waals surface area contributed by atoms with Crippen LogP contribution in [0.25, 0.3) is 11.5 Å². The fraction of sp³-hybridized carbons (Fsp3) is 0.167. The van der Waals surface area contributed by atoms with E-state index in [0.717, 1.165) is 10.0 Å². The van der Waals surface area contributed by atoms with E-state index in [4.69, 9.17) is 0 Å². The van der Waals surface area contributed by atoms with Crippen molar-refractivity contribution < 1.29 is 9.18 Å². The second-order valence-electron chi connectivity index (χ2n) is 6.56. The number of nitrogens with zero attached hydrogens (tertiary/aromatic N) is 6. The van der Waals surface area contributed by atoms with Crippen LogP contribution in [0.4, 0.5) is 10.2 Å². The van der Waals surface area contributed by atoms with Gasteiger partial charge >= 0.3 is 0 Å². The number of carbonyl (C=O) groups is 1. The van der Waals surface area contributed by atoms with Crippen LogP contribution in [0.1, 0.15) is 29.2 Å². The molecule has 8 nitrogen and oxygen atoms in total. The van der Waals surface area contributed by atoms with Crippen LogP contribution in [-0.2, 0) is 4.79 Å². The van der Waals surface area contributed by atoms with E-state index in [1.54, 1.807) is 28.9 Å². The Morgan fingerprint density at radius 3 is 2.96 bits per heavy atom. The molecular weight excluding hydrogens is 429 g/mol. The molecule has 4 aromatic rings. The molecule has 0 bridgehead atoms. The van der Waals surface area contributed by atoms with Gasteiger partial charge in [0.05, 0.1) is 5.69 Å². The third-order valence-electron chi connectivity index (χ3n) is 4.80. The summed E-state index contributed by atoms with van der Waals surface area (Å²) >= 11 is 3.38. The number of hydrogen-bond acceptors (Lipinski definition) is 5. The molecule has 1 aliphatic rings. The Morgan fingerprint density at radius 1 is 1.25 bits per heavy atom. The van der Waals surface area contributed by atoms with E-state index >= 15 is 0 Å². The van der Waals surface area contributed by atoms with Gasteiger partial charge in [0.1, 0.15) is 18.0 Å². The van der Waals surface area contributed by atoms with Crippen LogP contribution in [0, 0.1) is 12.7 Å². The van der Waals surface area contributed by atoms with E-state index in [9.17, 15) is 9.18 Å². The number of halogens is 2. The Hall–Kier alpha value is -3.14. The number of carbonyl (C=O) groups excluding carboxylic acids is 1. The standard InChI is InChI=1S/C18H13BrFN7O/c1-9-17-12(11-6-10(19)2-3-13(11)20)7-16(28)22-18(17)27(24-9)15-5-4-14-23-21-8-26(14)25-15/h2-6,8,12H,7H2,1H3,(H,22,28). The van der Waals surface area contributed by atoms with Gasteiger partial charge in [0, 0.05) is 22.4 Å². The Morgan fingerprint density at radius 2 is 2.11 bits per heavy atom. The van der Waals surface area contributed by atoms with E-state index in [2.05, 4.69) is 41.6 Å². The highest BCUT2D eigenvalue weighted by atomic mass is 79.9. The third-order valence-corrected chi connectivity index (χ3v) is 5.29. The molecule has 1 unspecified atom stereocenters. The van der Waals surface area contributed by atoms with Crippen LogP contribution in [0.5, 0.6) is 0 Å². The van der Waals surface area contributed by atoms with E-state index in [-0.39, 0.29) is 18.1 Å². The molecular formula is C18H13BrFN7O. The Bertz CT molecular complexity index is 1250. The summed E-state index contributed by atoms with van der Waals surface area (Å²) in [5, 5.41) is 19.6. The van der Waals surface area contributed by atoms with Gasteiger partial charge in [0.25, 0.3) is 0 Å². The van der Waals surface area contributed by atoms with Gasteiger partial charge in [-0.1, -0.05) is 15.9 Å². The highest BCUT2D eigenvalue weighted by Crippen LogP contribution is 2.41. The number of aromatic nitrogens is 6. The van der Waals surface area contributed by atoms with Crippen molar-refractivity contribution in [2.24, 2.45) is 0 Å². The first kappa shape index (κ1) is 17.0. The molecule has 0 saturated heterocycles. The van der Waals surface area contributed by atoms with E-state index in [0.29, 0.717) is 28.5 Å². The van der Waals surface area contributed by atoms with Gasteiger partial charge in [0.15, 0.2) is 11.5 Å². The van der Waals surface area contributed by atoms with Gasteiger partial charge in [-0.25, -0.2) is 4.39 Å². The monoisotopic (exact) mass is 441 g/mol. The van der Waals surface area contributed by atoms with Gasteiger partial charge < -0.3 is 5.32 Å². The molecule has 0 fully saturated rings. The molecule has 0 spiro atoms. The third kappa shape index (κ3) is 2.60. The molecule has 10 heteroatoms. The molecule has 4 heterocycles. The minimum absolute atomic E-state index is 0.144. The molecule has 140 valence electrons. The number of amides is 1. The smallest absolute Gasteiger partial charge is 0.226 e. The first-order valence-corrected chi connectivity index (χ1v) is 9.32. The number of rotatable bonds is 2. The van der Waals surface area contributed by atoms with Crippen LogP contribution >= 0.6 is 15.9 Å². The van der Waals surface area contributed by atoms with Crippen molar-refractivity contribution in [3.63, 3.8) is 0 Å². The summed E-state index contributed by atoms with van der Waals surface area (Å²) < 4.78 is 18.4. The summed E-state index contributed by atoms with van der Waals surface area (Å²) in [5.41, 5.74) is 2.53. The maximum absolute atomic E-state index is 14.6. The van der Waals surface area contributed by atoms with Crippen LogP contribution < -0.4 is 5.32 Å². The van der Waals surface area contributed by atoms with Crippen molar-refractivity contribution in [1.29, 1.82) is 0 Å². The Kier molecular flexibility index (Phi) is 3.76. The average molecular weight is 442 g/mol. The number of aryl methyl sites for hydroxylation is 1. The predicted molar refractivity (Wildman–Crippen MR) is 102 cm³/mol. The lowest BCUT2D eigenvalue weighted by Gasteiger charge is -2.24. The molecule has 1 amide bonds. The molecule has 1 N–H and O–H groups in total. The summed E-state index contributed by atoms with van der Waals surface area (Å²) in [6.07, 6.45) is 1.63. The van der Waals surface area contributed by atoms with Gasteiger partial charge in [-0.3, -0.25) is 4.79 Å². The fourth-order valence-electron chi connectivity index (χ4n) is 3.59. The summed E-state index contributed by atoms with van der Waals surface area (Å²) in [6, 6.07) is 8.24. The van der Waals surface area contributed by atoms with E-state index in [1.165, 1.54) is 16.9 Å². The zero-order valence-corrected chi connectivity index (χ0v) is 16.2. The molecule has 0 radical (unpaired) electrons. The molecule has 0 saturated carbocycles. The molecule has 5 rings (SSSR count). The van der Waals surface area contributed by atoms with Crippen LogP contribution in [0.15, 0.2) is 41.1 Å². The Balaban J connectivity index is 1.70. The van der Waals surface area contributed by atoms with E-state index < -0.39 is 5.92 Å². The molecule has 1 aromatic carbocycles. The quantitative estimate of drug-likeness (QED) is 0.516. The number of hydrogen-bond donors (Lipinski definition) is 1. The van der Waals surface area contributed by atoms with Crippen molar-refractivity contribution in [2.45, 2.75) is 19.3 Å². The van der Waals surface area contributed by atoms with Crippen LogP contribution in [0.2, 0.25) is 0 Å². The zero-order chi connectivity index (χ0) is 19.4. The largest absolute Gasteiger partial charge is 0.310 e. The zero-order valence-electron chi connectivity index (χ0n) is 14.6. The highest BCUT2D eigenvalue weighted by Gasteiger charge is 2.34. The van der Waals surface area contributed by atoms with Crippen molar-refractivity contribution in [1.82, 2.24) is 29.6 Å². The second kappa shape index (κ2) is 6.20. The van der Waals surface area contributed by atoms with Gasteiger partial charge in [-0.2, -0.15) is 14.3 Å². The lowest BCUT2D eigenvalue weighted by molar-refractivity contribution is -0.116. The van der Waals surface area contributed by atoms with E-state index in [1.807, 2.05) is 6.92 Å².